The lowest BCUT2D eigenvalue weighted by atomic mass is 10.1. The van der Waals surface area contributed by atoms with E-state index in [1.54, 1.807) is 24.3 Å². The fraction of sp³-hybridized carbons (Fsp3) is 0.176. The number of carbonyl (C=O) groups excluding carboxylic acids is 2. The number of hydrogen-bond donors (Lipinski definition) is 2. The van der Waals surface area contributed by atoms with Gasteiger partial charge in [-0.2, -0.15) is 0 Å². The fourth-order valence-corrected chi connectivity index (χ4v) is 2.40. The molecule has 0 fully saturated rings. The molecule has 0 saturated heterocycles. The lowest BCUT2D eigenvalue weighted by molar-refractivity contribution is -0.274. The van der Waals surface area contributed by atoms with E-state index in [9.17, 15) is 22.8 Å². The normalized spacial score (nSPS) is 16.1. The maximum atomic E-state index is 12.2. The number of hydrogen-bond acceptors (Lipinski definition) is 5. The molecule has 1 amide bonds. The highest BCUT2D eigenvalue weighted by molar-refractivity contribution is 5.97. The van der Waals surface area contributed by atoms with E-state index < -0.39 is 30.0 Å². The van der Waals surface area contributed by atoms with Gasteiger partial charge < -0.3 is 20.1 Å². The molecule has 26 heavy (non-hydrogen) atoms. The predicted octanol–water partition coefficient (Wildman–Crippen LogP) is 3.31. The summed E-state index contributed by atoms with van der Waals surface area (Å²) in [6, 6.07) is 10.7. The van der Waals surface area contributed by atoms with Gasteiger partial charge in [-0.1, -0.05) is 18.2 Å². The Morgan fingerprint density at radius 2 is 1.96 bits per heavy atom. The maximum Gasteiger partial charge on any atom is 0.573 e. The van der Waals surface area contributed by atoms with Gasteiger partial charge in [0.25, 0.3) is 0 Å². The summed E-state index contributed by atoms with van der Waals surface area (Å²) < 4.78 is 45.7. The summed E-state index contributed by atoms with van der Waals surface area (Å²) in [5.74, 6) is -1.28. The van der Waals surface area contributed by atoms with Crippen LogP contribution in [-0.4, -0.2) is 24.3 Å². The lowest BCUT2D eigenvalue weighted by Crippen LogP contribution is -2.39. The van der Waals surface area contributed by atoms with Crippen LogP contribution in [0.25, 0.3) is 0 Å². The highest BCUT2D eigenvalue weighted by atomic mass is 19.4. The molecule has 1 unspecified atom stereocenters. The van der Waals surface area contributed by atoms with E-state index in [0.29, 0.717) is 11.4 Å². The molecule has 0 spiro atoms. The Balaban J connectivity index is 1.63. The van der Waals surface area contributed by atoms with Gasteiger partial charge in [-0.05, 0) is 24.3 Å². The number of nitrogens with one attached hydrogen (secondary N) is 2. The number of ether oxygens (including phenoxy) is 2. The molecule has 1 heterocycles. The molecule has 0 bridgehead atoms. The smallest absolute Gasteiger partial charge is 0.423 e. The van der Waals surface area contributed by atoms with Gasteiger partial charge in [0.15, 0.2) is 5.75 Å². The van der Waals surface area contributed by atoms with Crippen LogP contribution in [0.4, 0.5) is 24.5 Å². The maximum absolute atomic E-state index is 12.2. The first kappa shape index (κ1) is 17.6. The number of halogens is 3. The molecule has 6 nitrogen and oxygen atoms in total. The van der Waals surface area contributed by atoms with Crippen molar-refractivity contribution in [2.75, 3.05) is 10.6 Å². The van der Waals surface area contributed by atoms with Crippen LogP contribution < -0.4 is 20.1 Å². The van der Waals surface area contributed by atoms with Crippen molar-refractivity contribution in [3.05, 3.63) is 48.5 Å². The van der Waals surface area contributed by atoms with E-state index in [4.69, 9.17) is 4.74 Å². The lowest BCUT2D eigenvalue weighted by Gasteiger charge is -2.25. The van der Waals surface area contributed by atoms with Crippen LogP contribution in [0, 0.1) is 0 Å². The standard InChI is InChI=1S/C17H13F3N2O4/c18-17(19,20)26-11-5-3-4-10(8-11)21-15(23)9-13-16(24)25-14-7-2-1-6-12(14)22-13/h1-8,13,22H,9H2,(H,21,23). The second-order valence-corrected chi connectivity index (χ2v) is 5.44. The minimum atomic E-state index is -4.83. The minimum Gasteiger partial charge on any atom is -0.423 e. The number of fused-ring (bicyclic) bond motifs is 1. The van der Waals surface area contributed by atoms with Crippen LogP contribution in [-0.2, 0) is 9.59 Å². The molecule has 0 aliphatic carbocycles. The molecule has 1 atom stereocenters. The fourth-order valence-electron chi connectivity index (χ4n) is 2.40. The van der Waals surface area contributed by atoms with Crippen LogP contribution in [0.3, 0.4) is 0 Å². The number of rotatable bonds is 4. The topological polar surface area (TPSA) is 76.7 Å². The number of alkyl halides is 3. The second-order valence-electron chi connectivity index (χ2n) is 5.44. The molecule has 2 aromatic carbocycles. The van der Waals surface area contributed by atoms with Crippen molar-refractivity contribution >= 4 is 23.3 Å². The third kappa shape index (κ3) is 4.44. The van der Waals surface area contributed by atoms with Crippen molar-refractivity contribution < 1.29 is 32.2 Å². The molecule has 0 aromatic heterocycles. The van der Waals surface area contributed by atoms with Crippen LogP contribution in [0.5, 0.6) is 11.5 Å². The van der Waals surface area contributed by atoms with Crippen molar-refractivity contribution in [1.29, 1.82) is 0 Å². The number of amides is 1. The molecule has 1 aliphatic rings. The summed E-state index contributed by atoms with van der Waals surface area (Å²) in [5, 5.41) is 5.32. The number of para-hydroxylation sites is 2. The molecule has 3 rings (SSSR count). The second kappa shape index (κ2) is 6.95. The average Bonchev–Trinajstić information content (AvgIpc) is 2.54. The van der Waals surface area contributed by atoms with Crippen molar-refractivity contribution in [1.82, 2.24) is 0 Å². The Labute approximate surface area is 145 Å². The number of benzene rings is 2. The first-order valence-electron chi connectivity index (χ1n) is 7.53. The first-order chi connectivity index (χ1) is 12.3. The SMILES string of the molecule is O=C(CC1Nc2ccccc2OC1=O)Nc1cccc(OC(F)(F)F)c1. The Hall–Kier alpha value is -3.23. The highest BCUT2D eigenvalue weighted by Crippen LogP contribution is 2.30. The van der Waals surface area contributed by atoms with E-state index in [-0.39, 0.29) is 12.1 Å². The Kier molecular flexibility index (Phi) is 4.70. The van der Waals surface area contributed by atoms with Gasteiger partial charge in [0, 0.05) is 11.8 Å². The van der Waals surface area contributed by atoms with Gasteiger partial charge in [0.05, 0.1) is 12.1 Å². The first-order valence-corrected chi connectivity index (χ1v) is 7.53. The summed E-state index contributed by atoms with van der Waals surface area (Å²) in [6.07, 6.45) is -5.08. The van der Waals surface area contributed by atoms with Crippen molar-refractivity contribution in [3.8, 4) is 11.5 Å². The largest absolute Gasteiger partial charge is 0.573 e. The summed E-state index contributed by atoms with van der Waals surface area (Å²) >= 11 is 0. The molecular formula is C17H13F3N2O4. The highest BCUT2D eigenvalue weighted by Gasteiger charge is 2.31. The van der Waals surface area contributed by atoms with Gasteiger partial charge in [-0.25, -0.2) is 4.79 Å². The molecule has 2 aromatic rings. The van der Waals surface area contributed by atoms with Gasteiger partial charge in [0.1, 0.15) is 11.8 Å². The Morgan fingerprint density at radius 1 is 1.19 bits per heavy atom. The van der Waals surface area contributed by atoms with Gasteiger partial charge >= 0.3 is 12.3 Å². The average molecular weight is 366 g/mol. The van der Waals surface area contributed by atoms with Gasteiger partial charge in [-0.15, -0.1) is 13.2 Å². The zero-order chi connectivity index (χ0) is 18.7. The van der Waals surface area contributed by atoms with Crippen LogP contribution in [0.2, 0.25) is 0 Å². The molecular weight excluding hydrogens is 353 g/mol. The third-order valence-electron chi connectivity index (χ3n) is 3.45. The number of anilines is 2. The van der Waals surface area contributed by atoms with Crippen LogP contribution in [0.15, 0.2) is 48.5 Å². The van der Waals surface area contributed by atoms with Gasteiger partial charge in [-0.3, -0.25) is 4.79 Å². The molecule has 0 radical (unpaired) electrons. The Morgan fingerprint density at radius 3 is 2.73 bits per heavy atom. The zero-order valence-corrected chi connectivity index (χ0v) is 13.2. The van der Waals surface area contributed by atoms with Gasteiger partial charge in [0.2, 0.25) is 5.91 Å². The summed E-state index contributed by atoms with van der Waals surface area (Å²) in [6.45, 7) is 0. The van der Waals surface area contributed by atoms with E-state index >= 15 is 0 Å². The Bertz CT molecular complexity index is 839. The molecule has 0 saturated carbocycles. The zero-order valence-electron chi connectivity index (χ0n) is 13.2. The number of carbonyl (C=O) groups is 2. The van der Waals surface area contributed by atoms with Crippen molar-refractivity contribution in [3.63, 3.8) is 0 Å². The van der Waals surface area contributed by atoms with Crippen LogP contribution >= 0.6 is 0 Å². The van der Waals surface area contributed by atoms with E-state index in [2.05, 4.69) is 15.4 Å². The van der Waals surface area contributed by atoms with E-state index in [0.717, 1.165) is 12.1 Å². The quantitative estimate of drug-likeness (QED) is 0.641. The predicted molar refractivity (Wildman–Crippen MR) is 85.9 cm³/mol. The molecule has 2 N–H and O–H groups in total. The van der Waals surface area contributed by atoms with Crippen molar-refractivity contribution in [2.45, 2.75) is 18.8 Å². The third-order valence-corrected chi connectivity index (χ3v) is 3.45. The summed E-state index contributed by atoms with van der Waals surface area (Å²) in [7, 11) is 0. The summed E-state index contributed by atoms with van der Waals surface area (Å²) in [4.78, 5) is 24.1. The van der Waals surface area contributed by atoms with E-state index in [1.807, 2.05) is 0 Å². The minimum absolute atomic E-state index is 0.112. The molecule has 1 aliphatic heterocycles. The monoisotopic (exact) mass is 366 g/mol. The number of esters is 1. The van der Waals surface area contributed by atoms with E-state index in [1.165, 1.54) is 12.1 Å². The molecule has 136 valence electrons. The molecule has 9 heteroatoms. The van der Waals surface area contributed by atoms with Crippen molar-refractivity contribution in [2.24, 2.45) is 0 Å². The van der Waals surface area contributed by atoms with Crippen LogP contribution in [0.1, 0.15) is 6.42 Å². The summed E-state index contributed by atoms with van der Waals surface area (Å²) in [5.41, 5.74) is 0.687.